The number of halogens is 6. The Morgan fingerprint density at radius 1 is 1.14 bits per heavy atom. The standard InChI is InChI=1S/C13H8F6O3/c1-2-21-11(20)10-9(13(17,18)19)7-5-6(12(14,15)16)3-4-8(7)22-10/h3-5H,2H2,1H3. The Kier molecular flexibility index (Phi) is 3.84. The van der Waals surface area contributed by atoms with Crippen LogP contribution in [0.4, 0.5) is 26.3 Å². The summed E-state index contributed by atoms with van der Waals surface area (Å²) in [6.07, 6.45) is -9.89. The van der Waals surface area contributed by atoms with Crippen molar-refractivity contribution in [1.29, 1.82) is 0 Å². The topological polar surface area (TPSA) is 39.4 Å². The Labute approximate surface area is 119 Å². The van der Waals surface area contributed by atoms with Crippen LogP contribution in [0, 0.1) is 0 Å². The van der Waals surface area contributed by atoms with Gasteiger partial charge in [0.05, 0.1) is 12.2 Å². The summed E-state index contributed by atoms with van der Waals surface area (Å²) < 4.78 is 86.3. The number of ether oxygens (including phenoxy) is 1. The number of fused-ring (bicyclic) bond motifs is 1. The maximum Gasteiger partial charge on any atom is 0.420 e. The molecule has 0 radical (unpaired) electrons. The van der Waals surface area contributed by atoms with Gasteiger partial charge in [-0.3, -0.25) is 0 Å². The fraction of sp³-hybridized carbons (Fsp3) is 0.308. The van der Waals surface area contributed by atoms with Gasteiger partial charge in [0.2, 0.25) is 5.76 Å². The molecule has 0 spiro atoms. The number of hydrogen-bond acceptors (Lipinski definition) is 3. The minimum absolute atomic E-state index is 0.207. The van der Waals surface area contributed by atoms with E-state index in [0.29, 0.717) is 12.1 Å². The molecule has 0 atom stereocenters. The first-order valence-electron chi connectivity index (χ1n) is 5.93. The third kappa shape index (κ3) is 2.88. The first-order valence-corrected chi connectivity index (χ1v) is 5.93. The minimum Gasteiger partial charge on any atom is -0.460 e. The average Bonchev–Trinajstić information content (AvgIpc) is 2.75. The number of rotatable bonds is 2. The summed E-state index contributed by atoms with van der Waals surface area (Å²) in [5.74, 6) is -2.55. The van der Waals surface area contributed by atoms with E-state index >= 15 is 0 Å². The van der Waals surface area contributed by atoms with Crippen molar-refractivity contribution in [2.24, 2.45) is 0 Å². The molecule has 0 N–H and O–H groups in total. The smallest absolute Gasteiger partial charge is 0.420 e. The first-order chi connectivity index (χ1) is 10.1. The molecule has 0 aliphatic rings. The zero-order valence-electron chi connectivity index (χ0n) is 10.9. The van der Waals surface area contributed by atoms with Gasteiger partial charge in [-0.15, -0.1) is 0 Å². The van der Waals surface area contributed by atoms with Crippen LogP contribution in [-0.2, 0) is 17.1 Å². The molecule has 9 heteroatoms. The van der Waals surface area contributed by atoms with Crippen LogP contribution in [0.5, 0.6) is 0 Å². The lowest BCUT2D eigenvalue weighted by atomic mass is 10.1. The Hall–Kier alpha value is -2.19. The van der Waals surface area contributed by atoms with Crippen molar-refractivity contribution >= 4 is 16.9 Å². The molecule has 1 aromatic carbocycles. The molecule has 1 heterocycles. The predicted molar refractivity (Wildman–Crippen MR) is 62.2 cm³/mol. The van der Waals surface area contributed by atoms with Crippen molar-refractivity contribution in [3.63, 3.8) is 0 Å². The van der Waals surface area contributed by atoms with Gasteiger partial charge in [0.25, 0.3) is 0 Å². The van der Waals surface area contributed by atoms with Gasteiger partial charge in [-0.1, -0.05) is 0 Å². The summed E-state index contributed by atoms with van der Waals surface area (Å²) in [6.45, 7) is 1.16. The lowest BCUT2D eigenvalue weighted by Crippen LogP contribution is -2.13. The van der Waals surface area contributed by atoms with Crippen LogP contribution in [0.1, 0.15) is 28.6 Å². The van der Waals surface area contributed by atoms with Crippen LogP contribution in [0.2, 0.25) is 0 Å². The monoisotopic (exact) mass is 326 g/mol. The molecule has 0 aliphatic carbocycles. The number of carbonyl (C=O) groups is 1. The summed E-state index contributed by atoms with van der Waals surface area (Å²) in [5.41, 5.74) is -3.34. The molecule has 0 bridgehead atoms. The van der Waals surface area contributed by atoms with Gasteiger partial charge in [-0.05, 0) is 25.1 Å². The Morgan fingerprint density at radius 2 is 1.77 bits per heavy atom. The Balaban J connectivity index is 2.75. The summed E-state index contributed by atoms with van der Waals surface area (Å²) in [6, 6.07) is 1.60. The highest BCUT2D eigenvalue weighted by molar-refractivity contribution is 5.96. The van der Waals surface area contributed by atoms with Crippen LogP contribution in [0.3, 0.4) is 0 Å². The van der Waals surface area contributed by atoms with Gasteiger partial charge in [0.15, 0.2) is 0 Å². The number of furan rings is 1. The van der Waals surface area contributed by atoms with Gasteiger partial charge in [-0.25, -0.2) is 4.79 Å². The number of alkyl halides is 6. The molecule has 0 saturated carbocycles. The van der Waals surface area contributed by atoms with E-state index in [1.807, 2.05) is 0 Å². The number of benzene rings is 1. The number of esters is 1. The van der Waals surface area contributed by atoms with Crippen LogP contribution in [-0.4, -0.2) is 12.6 Å². The molecule has 1 aromatic heterocycles. The molecule has 0 saturated heterocycles. The van der Waals surface area contributed by atoms with Crippen LogP contribution >= 0.6 is 0 Å². The van der Waals surface area contributed by atoms with E-state index < -0.39 is 46.2 Å². The largest absolute Gasteiger partial charge is 0.460 e. The Morgan fingerprint density at radius 3 is 2.27 bits per heavy atom. The highest BCUT2D eigenvalue weighted by Crippen LogP contribution is 2.41. The van der Waals surface area contributed by atoms with E-state index in [1.165, 1.54) is 6.92 Å². The maximum absolute atomic E-state index is 13.1. The van der Waals surface area contributed by atoms with E-state index in [1.54, 1.807) is 0 Å². The van der Waals surface area contributed by atoms with Gasteiger partial charge < -0.3 is 9.15 Å². The van der Waals surface area contributed by atoms with Crippen LogP contribution in [0.25, 0.3) is 11.0 Å². The van der Waals surface area contributed by atoms with Gasteiger partial charge in [-0.2, -0.15) is 26.3 Å². The first kappa shape index (κ1) is 16.2. The molecule has 120 valence electrons. The summed E-state index contributed by atoms with van der Waals surface area (Å²) in [7, 11) is 0. The Bertz CT molecular complexity index is 711. The van der Waals surface area contributed by atoms with Crippen molar-refractivity contribution < 1.29 is 40.3 Å². The highest BCUT2D eigenvalue weighted by Gasteiger charge is 2.42. The molecule has 0 amide bonds. The van der Waals surface area contributed by atoms with E-state index in [-0.39, 0.29) is 6.61 Å². The molecule has 0 unspecified atom stereocenters. The lowest BCUT2D eigenvalue weighted by Gasteiger charge is -2.08. The van der Waals surface area contributed by atoms with Crippen molar-refractivity contribution in [3.05, 3.63) is 35.1 Å². The third-order valence-electron chi connectivity index (χ3n) is 2.76. The maximum atomic E-state index is 13.1. The van der Waals surface area contributed by atoms with E-state index in [0.717, 1.165) is 6.07 Å². The fourth-order valence-electron chi connectivity index (χ4n) is 1.90. The summed E-state index contributed by atoms with van der Waals surface area (Å²) in [4.78, 5) is 11.5. The number of carbonyl (C=O) groups excluding carboxylic acids is 1. The molecule has 2 aromatic rings. The van der Waals surface area contributed by atoms with Crippen molar-refractivity contribution in [3.8, 4) is 0 Å². The molecular formula is C13H8F6O3. The van der Waals surface area contributed by atoms with Crippen molar-refractivity contribution in [2.45, 2.75) is 19.3 Å². The zero-order valence-corrected chi connectivity index (χ0v) is 10.9. The second-order valence-corrected chi connectivity index (χ2v) is 4.23. The molecule has 2 rings (SSSR count). The normalized spacial score (nSPS) is 12.7. The van der Waals surface area contributed by atoms with E-state index in [9.17, 15) is 31.1 Å². The van der Waals surface area contributed by atoms with E-state index in [4.69, 9.17) is 4.42 Å². The molecule has 22 heavy (non-hydrogen) atoms. The predicted octanol–water partition coefficient (Wildman–Crippen LogP) is 4.65. The van der Waals surface area contributed by atoms with Gasteiger partial charge >= 0.3 is 18.3 Å². The van der Waals surface area contributed by atoms with Crippen LogP contribution < -0.4 is 0 Å². The third-order valence-corrected chi connectivity index (χ3v) is 2.76. The molecule has 0 aliphatic heterocycles. The van der Waals surface area contributed by atoms with E-state index in [2.05, 4.69) is 4.74 Å². The van der Waals surface area contributed by atoms with Crippen molar-refractivity contribution in [1.82, 2.24) is 0 Å². The SMILES string of the molecule is CCOC(=O)c1oc2ccc(C(F)(F)F)cc2c1C(F)(F)F. The average molecular weight is 326 g/mol. The highest BCUT2D eigenvalue weighted by atomic mass is 19.4. The molecule has 0 fully saturated rings. The van der Waals surface area contributed by atoms with Crippen molar-refractivity contribution in [2.75, 3.05) is 6.61 Å². The van der Waals surface area contributed by atoms with Gasteiger partial charge in [0, 0.05) is 5.39 Å². The summed E-state index contributed by atoms with van der Waals surface area (Å²) in [5, 5.41) is -0.842. The lowest BCUT2D eigenvalue weighted by molar-refractivity contribution is -0.139. The quantitative estimate of drug-likeness (QED) is 0.596. The minimum atomic E-state index is -5.07. The second kappa shape index (κ2) is 5.22. The molecule has 3 nitrogen and oxygen atoms in total. The van der Waals surface area contributed by atoms with Crippen LogP contribution in [0.15, 0.2) is 22.6 Å². The second-order valence-electron chi connectivity index (χ2n) is 4.23. The summed E-state index contributed by atoms with van der Waals surface area (Å²) >= 11 is 0. The van der Waals surface area contributed by atoms with Gasteiger partial charge in [0.1, 0.15) is 11.1 Å². The number of hydrogen-bond donors (Lipinski definition) is 0. The zero-order chi connectivity index (χ0) is 16.7. The fourth-order valence-corrected chi connectivity index (χ4v) is 1.90. The molecular weight excluding hydrogens is 318 g/mol.